The van der Waals surface area contributed by atoms with Gasteiger partial charge in [-0.05, 0) is 42.5 Å². The van der Waals surface area contributed by atoms with E-state index >= 15 is 0 Å². The van der Waals surface area contributed by atoms with E-state index in [4.69, 9.17) is 9.47 Å². The lowest BCUT2D eigenvalue weighted by molar-refractivity contribution is 0.0559. The number of hydrogen-bond acceptors (Lipinski definition) is 4. The molecule has 4 heteroatoms. The van der Waals surface area contributed by atoms with Gasteiger partial charge in [-0.2, -0.15) is 0 Å². The van der Waals surface area contributed by atoms with Gasteiger partial charge in [0.25, 0.3) is 0 Å². The van der Waals surface area contributed by atoms with E-state index < -0.39 is 6.10 Å². The van der Waals surface area contributed by atoms with Crippen LogP contribution in [0, 0.1) is 0 Å². The highest BCUT2D eigenvalue weighted by Gasteiger charge is 2.34. The van der Waals surface area contributed by atoms with E-state index in [1.165, 1.54) is 17.5 Å². The lowest BCUT2D eigenvalue weighted by Crippen LogP contribution is -2.38. The summed E-state index contributed by atoms with van der Waals surface area (Å²) in [6.45, 7) is 1.39. The molecule has 2 aliphatic rings. The Kier molecular flexibility index (Phi) is 4.40. The summed E-state index contributed by atoms with van der Waals surface area (Å²) in [6.07, 6.45) is 2.90. The van der Waals surface area contributed by atoms with Crippen LogP contribution in [0.4, 0.5) is 0 Å². The SMILES string of the molecule is COc1ccc(OC)c2c1CN(C1CCCc3ccccc31)CC2O. The van der Waals surface area contributed by atoms with Crippen molar-refractivity contribution >= 4 is 0 Å². The van der Waals surface area contributed by atoms with Gasteiger partial charge in [-0.3, -0.25) is 4.90 Å². The summed E-state index contributed by atoms with van der Waals surface area (Å²) in [4.78, 5) is 2.40. The monoisotopic (exact) mass is 339 g/mol. The lowest BCUT2D eigenvalue weighted by Gasteiger charge is -2.41. The zero-order chi connectivity index (χ0) is 17.4. The standard InChI is InChI=1S/C21H25NO3/c1-24-19-10-11-20(25-2)21-16(19)12-22(13-18(21)23)17-9-5-7-14-6-3-4-8-15(14)17/h3-4,6,8,10-11,17-18,23H,5,7,9,12-13H2,1-2H3. The molecule has 1 aliphatic carbocycles. The highest BCUT2D eigenvalue weighted by molar-refractivity contribution is 5.51. The van der Waals surface area contributed by atoms with Crippen molar-refractivity contribution in [1.82, 2.24) is 4.90 Å². The van der Waals surface area contributed by atoms with Gasteiger partial charge in [-0.25, -0.2) is 0 Å². The second-order valence-corrected chi connectivity index (χ2v) is 6.91. The summed E-state index contributed by atoms with van der Waals surface area (Å²) in [6, 6.07) is 12.9. The van der Waals surface area contributed by atoms with Crippen molar-refractivity contribution in [3.05, 3.63) is 58.7 Å². The number of aryl methyl sites for hydroxylation is 1. The molecule has 0 bridgehead atoms. The first-order valence-electron chi connectivity index (χ1n) is 8.96. The predicted molar refractivity (Wildman–Crippen MR) is 97.0 cm³/mol. The molecular formula is C21H25NO3. The number of hydrogen-bond donors (Lipinski definition) is 1. The minimum Gasteiger partial charge on any atom is -0.496 e. The van der Waals surface area contributed by atoms with Crippen molar-refractivity contribution in [2.45, 2.75) is 38.0 Å². The van der Waals surface area contributed by atoms with Crippen molar-refractivity contribution in [1.29, 1.82) is 0 Å². The molecule has 0 aromatic heterocycles. The van der Waals surface area contributed by atoms with E-state index in [0.717, 1.165) is 42.0 Å². The first-order valence-corrected chi connectivity index (χ1v) is 8.96. The Labute approximate surface area is 149 Å². The maximum Gasteiger partial charge on any atom is 0.125 e. The molecule has 2 unspecified atom stereocenters. The highest BCUT2D eigenvalue weighted by Crippen LogP contribution is 2.44. The highest BCUT2D eigenvalue weighted by atomic mass is 16.5. The summed E-state index contributed by atoms with van der Waals surface area (Å²) in [5.74, 6) is 1.57. The molecule has 1 heterocycles. The number of aliphatic hydroxyl groups is 1. The minimum absolute atomic E-state index is 0.351. The Hall–Kier alpha value is -2.04. The number of nitrogens with zero attached hydrogens (tertiary/aromatic N) is 1. The number of rotatable bonds is 3. The molecule has 132 valence electrons. The third-order valence-electron chi connectivity index (χ3n) is 5.59. The number of benzene rings is 2. The van der Waals surface area contributed by atoms with Crippen LogP contribution in [0.3, 0.4) is 0 Å². The molecule has 0 spiro atoms. The first kappa shape index (κ1) is 16.4. The molecule has 1 N–H and O–H groups in total. The number of aliphatic hydroxyl groups excluding tert-OH is 1. The van der Waals surface area contributed by atoms with Crippen LogP contribution in [-0.2, 0) is 13.0 Å². The van der Waals surface area contributed by atoms with Gasteiger partial charge in [-0.15, -0.1) is 0 Å². The summed E-state index contributed by atoms with van der Waals surface area (Å²) in [5, 5.41) is 10.9. The maximum absolute atomic E-state index is 10.9. The quantitative estimate of drug-likeness (QED) is 0.927. The largest absolute Gasteiger partial charge is 0.496 e. The van der Waals surface area contributed by atoms with Crippen LogP contribution in [-0.4, -0.2) is 30.8 Å². The number of β-amino-alcohol motifs (C(OH)–C–C–N with tert-alkyl or cyclic N) is 1. The van der Waals surface area contributed by atoms with Crippen LogP contribution < -0.4 is 9.47 Å². The van der Waals surface area contributed by atoms with E-state index in [1.54, 1.807) is 14.2 Å². The fraction of sp³-hybridized carbons (Fsp3) is 0.429. The molecule has 0 amide bonds. The van der Waals surface area contributed by atoms with E-state index in [-0.39, 0.29) is 0 Å². The Bertz CT molecular complexity index is 774. The van der Waals surface area contributed by atoms with E-state index in [1.807, 2.05) is 12.1 Å². The third kappa shape index (κ3) is 2.79. The second kappa shape index (κ2) is 6.70. The normalized spacial score (nSPS) is 22.8. The third-order valence-corrected chi connectivity index (χ3v) is 5.59. The van der Waals surface area contributed by atoms with Crippen molar-refractivity contribution in [3.8, 4) is 11.5 Å². The molecular weight excluding hydrogens is 314 g/mol. The number of methoxy groups -OCH3 is 2. The van der Waals surface area contributed by atoms with Gasteiger partial charge in [0.2, 0.25) is 0 Å². The molecule has 2 aromatic carbocycles. The zero-order valence-corrected chi connectivity index (χ0v) is 14.9. The Morgan fingerprint density at radius 1 is 1.04 bits per heavy atom. The van der Waals surface area contributed by atoms with Crippen LogP contribution in [0.5, 0.6) is 11.5 Å². The van der Waals surface area contributed by atoms with Crippen LogP contribution in [0.1, 0.15) is 47.2 Å². The van der Waals surface area contributed by atoms with Gasteiger partial charge in [0, 0.05) is 30.3 Å². The molecule has 4 rings (SSSR count). The van der Waals surface area contributed by atoms with Crippen molar-refractivity contribution in [2.75, 3.05) is 20.8 Å². The van der Waals surface area contributed by atoms with Crippen LogP contribution in [0.2, 0.25) is 0 Å². The number of ether oxygens (including phenoxy) is 2. The van der Waals surface area contributed by atoms with Crippen molar-refractivity contribution in [3.63, 3.8) is 0 Å². The molecule has 1 aliphatic heterocycles. The predicted octanol–water partition coefficient (Wildman–Crippen LogP) is 3.63. The van der Waals surface area contributed by atoms with Gasteiger partial charge in [0.05, 0.1) is 20.3 Å². The lowest BCUT2D eigenvalue weighted by atomic mass is 9.85. The molecule has 0 fully saturated rings. The minimum atomic E-state index is -0.567. The first-order chi connectivity index (χ1) is 12.2. The average Bonchev–Trinajstić information content (AvgIpc) is 2.66. The molecule has 0 radical (unpaired) electrons. The Morgan fingerprint density at radius 3 is 2.60 bits per heavy atom. The molecule has 4 nitrogen and oxygen atoms in total. The molecule has 0 saturated carbocycles. The molecule has 25 heavy (non-hydrogen) atoms. The van der Waals surface area contributed by atoms with Crippen LogP contribution >= 0.6 is 0 Å². The summed E-state index contributed by atoms with van der Waals surface area (Å²) in [5.41, 5.74) is 4.77. The zero-order valence-electron chi connectivity index (χ0n) is 14.9. The van der Waals surface area contributed by atoms with Gasteiger partial charge in [-0.1, -0.05) is 24.3 Å². The van der Waals surface area contributed by atoms with Gasteiger partial charge >= 0.3 is 0 Å². The topological polar surface area (TPSA) is 41.9 Å². The van der Waals surface area contributed by atoms with E-state index in [0.29, 0.717) is 12.6 Å². The smallest absolute Gasteiger partial charge is 0.125 e. The number of fused-ring (bicyclic) bond motifs is 2. The molecule has 0 saturated heterocycles. The van der Waals surface area contributed by atoms with Crippen LogP contribution in [0.25, 0.3) is 0 Å². The summed E-state index contributed by atoms with van der Waals surface area (Å²) in [7, 11) is 3.34. The summed E-state index contributed by atoms with van der Waals surface area (Å²) < 4.78 is 11.1. The van der Waals surface area contributed by atoms with Gasteiger partial charge < -0.3 is 14.6 Å². The average molecular weight is 339 g/mol. The Morgan fingerprint density at radius 2 is 1.80 bits per heavy atom. The fourth-order valence-corrected chi connectivity index (χ4v) is 4.45. The van der Waals surface area contributed by atoms with Crippen molar-refractivity contribution in [2.24, 2.45) is 0 Å². The fourth-order valence-electron chi connectivity index (χ4n) is 4.45. The van der Waals surface area contributed by atoms with E-state index in [9.17, 15) is 5.11 Å². The van der Waals surface area contributed by atoms with E-state index in [2.05, 4.69) is 29.2 Å². The molecule has 2 aromatic rings. The summed E-state index contributed by atoms with van der Waals surface area (Å²) >= 11 is 0. The maximum atomic E-state index is 10.9. The Balaban J connectivity index is 1.73. The second-order valence-electron chi connectivity index (χ2n) is 6.91. The van der Waals surface area contributed by atoms with Crippen molar-refractivity contribution < 1.29 is 14.6 Å². The van der Waals surface area contributed by atoms with Gasteiger partial charge in [0.1, 0.15) is 11.5 Å². The van der Waals surface area contributed by atoms with Crippen LogP contribution in [0.15, 0.2) is 36.4 Å². The molecule has 2 atom stereocenters. The van der Waals surface area contributed by atoms with Gasteiger partial charge in [0.15, 0.2) is 0 Å².